The van der Waals surface area contributed by atoms with Crippen LogP contribution >= 0.6 is 0 Å². The van der Waals surface area contributed by atoms with E-state index in [2.05, 4.69) is 24.0 Å². The van der Waals surface area contributed by atoms with E-state index in [1.807, 2.05) is 57.2 Å². The zero-order chi connectivity index (χ0) is 21.1. The number of rotatable bonds is 2. The standard InChI is InChI=1S/C24H25N3O2/c1-23(2,3)29-22(28)27-20-11-12-21(27)15-19(14-20)24(16-25,17-26)13-7-10-18-8-5-4-6-9-18/h4-6,8-9,14,20-21H,11-13,15H2,1-3H3. The van der Waals surface area contributed by atoms with Crippen LogP contribution in [0.4, 0.5) is 4.79 Å². The Balaban J connectivity index is 1.82. The van der Waals surface area contributed by atoms with Crippen LogP contribution in [0.15, 0.2) is 42.0 Å². The maximum Gasteiger partial charge on any atom is 0.411 e. The van der Waals surface area contributed by atoms with Gasteiger partial charge in [-0.1, -0.05) is 36.1 Å². The van der Waals surface area contributed by atoms with Crippen LogP contribution in [0.25, 0.3) is 0 Å². The number of ether oxygens (including phenoxy) is 1. The van der Waals surface area contributed by atoms with Gasteiger partial charge in [0, 0.05) is 18.0 Å². The van der Waals surface area contributed by atoms with E-state index in [1.54, 1.807) is 4.90 Å². The van der Waals surface area contributed by atoms with Crippen LogP contribution in [0.1, 0.15) is 52.0 Å². The SMILES string of the molecule is CC(C)(C)OC(=O)N1C2C=C(C(C#N)(C#N)CC#Cc3ccccc3)CC1CC2. The first-order chi connectivity index (χ1) is 13.8. The van der Waals surface area contributed by atoms with Gasteiger partial charge >= 0.3 is 6.09 Å². The molecule has 5 heteroatoms. The third-order valence-corrected chi connectivity index (χ3v) is 5.29. The highest BCUT2D eigenvalue weighted by Gasteiger charge is 2.46. The van der Waals surface area contributed by atoms with Gasteiger partial charge in [-0.25, -0.2) is 4.79 Å². The number of carbonyl (C=O) groups is 1. The molecular weight excluding hydrogens is 362 g/mol. The van der Waals surface area contributed by atoms with Crippen molar-refractivity contribution in [1.82, 2.24) is 4.90 Å². The number of carbonyl (C=O) groups excluding carboxylic acids is 1. The molecule has 148 valence electrons. The van der Waals surface area contributed by atoms with Gasteiger partial charge in [0.1, 0.15) is 5.60 Å². The topological polar surface area (TPSA) is 77.1 Å². The zero-order valence-corrected chi connectivity index (χ0v) is 17.1. The fraction of sp³-hybridized carbons (Fsp3) is 0.458. The van der Waals surface area contributed by atoms with Crippen LogP contribution in [-0.4, -0.2) is 28.7 Å². The molecule has 0 spiro atoms. The molecule has 1 fully saturated rings. The van der Waals surface area contributed by atoms with Crippen molar-refractivity contribution in [1.29, 1.82) is 10.5 Å². The van der Waals surface area contributed by atoms with Gasteiger partial charge in [-0.3, -0.25) is 4.90 Å². The Hall–Kier alpha value is -3.23. The first-order valence-electron chi connectivity index (χ1n) is 9.87. The van der Waals surface area contributed by atoms with Gasteiger partial charge in [-0.2, -0.15) is 10.5 Å². The summed E-state index contributed by atoms with van der Waals surface area (Å²) in [6.07, 6.45) is 3.90. The quantitative estimate of drug-likeness (QED) is 0.550. The molecule has 1 amide bonds. The summed E-state index contributed by atoms with van der Waals surface area (Å²) in [5.41, 5.74) is -0.220. The van der Waals surface area contributed by atoms with E-state index in [9.17, 15) is 15.3 Å². The Morgan fingerprint density at radius 2 is 1.86 bits per heavy atom. The van der Waals surface area contributed by atoms with E-state index in [0.717, 1.165) is 24.0 Å². The van der Waals surface area contributed by atoms with Gasteiger partial charge in [0.2, 0.25) is 0 Å². The van der Waals surface area contributed by atoms with Crippen molar-refractivity contribution < 1.29 is 9.53 Å². The first-order valence-corrected chi connectivity index (χ1v) is 9.87. The lowest BCUT2D eigenvalue weighted by Gasteiger charge is -2.37. The molecule has 0 N–H and O–H groups in total. The number of hydrogen-bond acceptors (Lipinski definition) is 4. The van der Waals surface area contributed by atoms with Crippen LogP contribution in [0.3, 0.4) is 0 Å². The summed E-state index contributed by atoms with van der Waals surface area (Å²) in [7, 11) is 0. The molecule has 2 bridgehead atoms. The van der Waals surface area contributed by atoms with E-state index in [4.69, 9.17) is 4.74 Å². The lowest BCUT2D eigenvalue weighted by Crippen LogP contribution is -2.47. The Morgan fingerprint density at radius 1 is 1.17 bits per heavy atom. The normalized spacial score (nSPS) is 20.6. The van der Waals surface area contributed by atoms with Crippen molar-refractivity contribution in [2.24, 2.45) is 5.41 Å². The van der Waals surface area contributed by atoms with Gasteiger partial charge in [0.05, 0.1) is 18.2 Å². The van der Waals surface area contributed by atoms with E-state index in [0.29, 0.717) is 6.42 Å². The number of nitriles is 2. The molecule has 0 radical (unpaired) electrons. The predicted molar refractivity (Wildman–Crippen MR) is 109 cm³/mol. The van der Waals surface area contributed by atoms with Gasteiger partial charge in [-0.15, -0.1) is 0 Å². The molecule has 1 aromatic rings. The second-order valence-electron chi connectivity index (χ2n) is 8.56. The molecule has 3 rings (SSSR count). The third-order valence-electron chi connectivity index (χ3n) is 5.29. The van der Waals surface area contributed by atoms with Gasteiger partial charge in [0.15, 0.2) is 5.41 Å². The molecule has 1 aromatic carbocycles. The average Bonchev–Trinajstić information content (AvgIpc) is 2.95. The molecule has 0 aromatic heterocycles. The summed E-state index contributed by atoms with van der Waals surface area (Å²) < 4.78 is 5.55. The predicted octanol–water partition coefficient (Wildman–Crippen LogP) is 4.56. The summed E-state index contributed by atoms with van der Waals surface area (Å²) in [4.78, 5) is 14.4. The van der Waals surface area contributed by atoms with E-state index in [-0.39, 0.29) is 24.6 Å². The van der Waals surface area contributed by atoms with Crippen LogP contribution < -0.4 is 0 Å². The van der Waals surface area contributed by atoms with Crippen LogP contribution in [0.2, 0.25) is 0 Å². The number of amides is 1. The zero-order valence-electron chi connectivity index (χ0n) is 17.1. The number of benzene rings is 1. The van der Waals surface area contributed by atoms with Crippen LogP contribution in [0, 0.1) is 39.9 Å². The summed E-state index contributed by atoms with van der Waals surface area (Å²) in [6.45, 7) is 5.54. The van der Waals surface area contributed by atoms with Crippen molar-refractivity contribution in [3.8, 4) is 24.0 Å². The second-order valence-corrected chi connectivity index (χ2v) is 8.56. The highest BCUT2D eigenvalue weighted by molar-refractivity contribution is 5.70. The van der Waals surface area contributed by atoms with Crippen molar-refractivity contribution in [3.63, 3.8) is 0 Å². The van der Waals surface area contributed by atoms with Crippen molar-refractivity contribution in [2.45, 2.75) is 64.1 Å². The maximum atomic E-state index is 12.6. The molecule has 2 unspecified atom stereocenters. The smallest absolute Gasteiger partial charge is 0.411 e. The second kappa shape index (κ2) is 8.02. The Morgan fingerprint density at radius 3 is 2.45 bits per heavy atom. The third kappa shape index (κ3) is 4.44. The van der Waals surface area contributed by atoms with Gasteiger partial charge < -0.3 is 4.74 Å². The number of fused-ring (bicyclic) bond motifs is 2. The highest BCUT2D eigenvalue weighted by atomic mass is 16.6. The van der Waals surface area contributed by atoms with Crippen molar-refractivity contribution in [2.75, 3.05) is 0 Å². The largest absolute Gasteiger partial charge is 0.444 e. The summed E-state index contributed by atoms with van der Waals surface area (Å²) in [6, 6.07) is 13.7. The summed E-state index contributed by atoms with van der Waals surface area (Å²) in [5.74, 6) is 6.05. The average molecular weight is 387 g/mol. The van der Waals surface area contributed by atoms with E-state index >= 15 is 0 Å². The van der Waals surface area contributed by atoms with Gasteiger partial charge in [0.25, 0.3) is 0 Å². The maximum absolute atomic E-state index is 12.6. The monoisotopic (exact) mass is 387 g/mol. The molecule has 1 saturated heterocycles. The van der Waals surface area contributed by atoms with Gasteiger partial charge in [-0.05, 0) is 57.7 Å². The number of nitrogens with zero attached hydrogens (tertiary/aromatic N) is 3. The minimum atomic E-state index is -1.29. The molecule has 2 aliphatic heterocycles. The summed E-state index contributed by atoms with van der Waals surface area (Å²) in [5, 5.41) is 19.7. The number of hydrogen-bond donors (Lipinski definition) is 0. The fourth-order valence-electron chi connectivity index (χ4n) is 3.91. The van der Waals surface area contributed by atoms with E-state index in [1.165, 1.54) is 0 Å². The summed E-state index contributed by atoms with van der Waals surface area (Å²) >= 11 is 0. The van der Waals surface area contributed by atoms with Crippen molar-refractivity contribution in [3.05, 3.63) is 47.5 Å². The van der Waals surface area contributed by atoms with Crippen molar-refractivity contribution >= 4 is 6.09 Å². The molecule has 2 heterocycles. The minimum Gasteiger partial charge on any atom is -0.444 e. The minimum absolute atomic E-state index is 0.0435. The molecule has 0 saturated carbocycles. The molecule has 5 nitrogen and oxygen atoms in total. The molecular formula is C24H25N3O2. The lowest BCUT2D eigenvalue weighted by molar-refractivity contribution is 0.0163. The molecule has 0 aliphatic carbocycles. The molecule has 2 aliphatic rings. The van der Waals surface area contributed by atoms with E-state index < -0.39 is 11.0 Å². The van der Waals surface area contributed by atoms with Crippen LogP contribution in [0.5, 0.6) is 0 Å². The Bertz CT molecular complexity index is 934. The highest BCUT2D eigenvalue weighted by Crippen LogP contribution is 2.43. The molecule has 2 atom stereocenters. The Labute approximate surface area is 172 Å². The molecule has 29 heavy (non-hydrogen) atoms. The lowest BCUT2D eigenvalue weighted by atomic mass is 9.75. The fourth-order valence-corrected chi connectivity index (χ4v) is 3.91. The first kappa shape index (κ1) is 20.5. The van der Waals surface area contributed by atoms with Crippen LogP contribution in [-0.2, 0) is 4.74 Å². The Kier molecular flexibility index (Phi) is 5.67.